The number of carbonyl (C=O) groups is 4. The quantitative estimate of drug-likeness (QED) is 0.544. The number of nitrogens with one attached hydrogen (secondary N) is 1. The highest BCUT2D eigenvalue weighted by Crippen LogP contribution is 2.41. The summed E-state index contributed by atoms with van der Waals surface area (Å²) in [5.41, 5.74) is -1.01. The Morgan fingerprint density at radius 3 is 2.57 bits per heavy atom. The number of fused-ring (bicyclic) bond motifs is 1. The maximum Gasteiger partial charge on any atom is 0.407 e. The number of ether oxygens (including phenoxy) is 1. The minimum atomic E-state index is -3.19. The number of carboxylic acid groups (broad SMARTS) is 1. The third kappa shape index (κ3) is 6.06. The Hall–Kier alpha value is -3.15. The summed E-state index contributed by atoms with van der Waals surface area (Å²) in [5.74, 6) is -2.17. The number of amides is 4. The largest absolute Gasteiger partial charge is 0.476 e. The molecule has 204 valence electrons. The topological polar surface area (TPSA) is 119 Å². The van der Waals surface area contributed by atoms with Crippen molar-refractivity contribution < 1.29 is 37.8 Å². The van der Waals surface area contributed by atoms with E-state index in [1.54, 1.807) is 4.90 Å². The average Bonchev–Trinajstić information content (AvgIpc) is 2.80. The molecule has 13 heteroatoms. The van der Waals surface area contributed by atoms with Gasteiger partial charge in [-0.1, -0.05) is 11.6 Å². The van der Waals surface area contributed by atoms with Crippen LogP contribution in [0.25, 0.3) is 0 Å². The summed E-state index contributed by atoms with van der Waals surface area (Å²) in [4.78, 5) is 53.8. The summed E-state index contributed by atoms with van der Waals surface area (Å²) in [6, 6.07) is 2.18. The van der Waals surface area contributed by atoms with Crippen molar-refractivity contribution in [2.24, 2.45) is 0 Å². The second-order valence-corrected chi connectivity index (χ2v) is 10.2. The highest BCUT2D eigenvalue weighted by molar-refractivity contribution is 6.34. The Morgan fingerprint density at radius 1 is 1.30 bits per heavy atom. The predicted octanol–water partition coefficient (Wildman–Crippen LogP) is 3.22. The Bertz CT molecular complexity index is 1080. The fraction of sp³-hybridized carbons (Fsp3) is 0.583. The Kier molecular flexibility index (Phi) is 8.51. The van der Waals surface area contributed by atoms with E-state index in [4.69, 9.17) is 16.3 Å². The van der Waals surface area contributed by atoms with Gasteiger partial charge in [-0.25, -0.2) is 4.79 Å². The number of hydrogen-bond acceptors (Lipinski definition) is 5. The minimum absolute atomic E-state index is 0.0800. The summed E-state index contributed by atoms with van der Waals surface area (Å²) < 4.78 is 31.0. The third-order valence-corrected chi connectivity index (χ3v) is 6.69. The molecule has 0 saturated carbocycles. The molecule has 0 spiro atoms. The lowest BCUT2D eigenvalue weighted by atomic mass is 9.99. The number of carbonyl (C=O) groups excluding carboxylic acids is 3. The molecule has 1 aromatic rings. The van der Waals surface area contributed by atoms with E-state index >= 15 is 0 Å². The van der Waals surface area contributed by atoms with Gasteiger partial charge in [0.25, 0.3) is 17.7 Å². The number of halogens is 3. The van der Waals surface area contributed by atoms with Gasteiger partial charge in [0.15, 0.2) is 5.60 Å². The molecule has 2 N–H and O–H groups in total. The van der Waals surface area contributed by atoms with Gasteiger partial charge in [-0.15, -0.1) is 0 Å². The molecule has 0 aromatic heterocycles. The van der Waals surface area contributed by atoms with E-state index in [9.17, 15) is 33.1 Å². The van der Waals surface area contributed by atoms with E-state index in [1.807, 2.05) is 13.8 Å². The SMILES string of the molecule is CC(C)N(C(=O)c1cc2c(cc1Cl)OC(C)(C)C(=O)N2CCNC(=O)C(F)F)[C@@H]1CCCN(C(=O)O)C1. The minimum Gasteiger partial charge on any atom is -0.476 e. The first-order chi connectivity index (χ1) is 17.2. The number of alkyl halides is 2. The van der Waals surface area contributed by atoms with Crippen LogP contribution in [0.4, 0.5) is 19.3 Å². The molecule has 1 aromatic carbocycles. The van der Waals surface area contributed by atoms with Crippen molar-refractivity contribution in [1.29, 1.82) is 0 Å². The lowest BCUT2D eigenvalue weighted by molar-refractivity contribution is -0.133. The molecule has 0 unspecified atom stereocenters. The molecule has 3 rings (SSSR count). The van der Waals surface area contributed by atoms with Gasteiger partial charge in [0.2, 0.25) is 0 Å². The van der Waals surface area contributed by atoms with Gasteiger partial charge in [0.1, 0.15) is 5.75 Å². The van der Waals surface area contributed by atoms with Crippen LogP contribution >= 0.6 is 11.6 Å². The summed E-state index contributed by atoms with van der Waals surface area (Å²) in [6.07, 6.45) is -3.03. The first kappa shape index (κ1) is 28.4. The monoisotopic (exact) mass is 544 g/mol. The Balaban J connectivity index is 1.95. The molecular weight excluding hydrogens is 514 g/mol. The number of benzene rings is 1. The van der Waals surface area contributed by atoms with Gasteiger partial charge in [-0.2, -0.15) is 8.78 Å². The number of likely N-dealkylation sites (tertiary alicyclic amines) is 1. The van der Waals surface area contributed by atoms with Crippen molar-refractivity contribution in [2.75, 3.05) is 31.1 Å². The molecule has 10 nitrogen and oxygen atoms in total. The zero-order valence-corrected chi connectivity index (χ0v) is 21.8. The summed E-state index contributed by atoms with van der Waals surface area (Å²) in [6.45, 7) is 6.86. The van der Waals surface area contributed by atoms with Crippen LogP contribution in [-0.2, 0) is 9.59 Å². The van der Waals surface area contributed by atoms with E-state index in [1.165, 1.54) is 35.8 Å². The van der Waals surface area contributed by atoms with Gasteiger partial charge in [0.05, 0.1) is 22.3 Å². The fourth-order valence-electron chi connectivity index (χ4n) is 4.66. The molecule has 37 heavy (non-hydrogen) atoms. The van der Waals surface area contributed by atoms with Crippen LogP contribution in [0, 0.1) is 0 Å². The summed E-state index contributed by atoms with van der Waals surface area (Å²) in [5, 5.41) is 11.6. The number of hydrogen-bond donors (Lipinski definition) is 2. The maximum atomic E-state index is 13.8. The molecule has 1 fully saturated rings. The predicted molar refractivity (Wildman–Crippen MR) is 131 cm³/mol. The van der Waals surface area contributed by atoms with Crippen molar-refractivity contribution in [1.82, 2.24) is 15.1 Å². The Labute approximate surface area is 218 Å². The van der Waals surface area contributed by atoms with Crippen molar-refractivity contribution in [2.45, 2.75) is 64.6 Å². The molecule has 0 bridgehead atoms. The van der Waals surface area contributed by atoms with Crippen molar-refractivity contribution >= 4 is 41.1 Å². The van der Waals surface area contributed by atoms with Crippen LogP contribution in [0.15, 0.2) is 12.1 Å². The molecule has 2 aliphatic rings. The van der Waals surface area contributed by atoms with E-state index in [2.05, 4.69) is 5.32 Å². The third-order valence-electron chi connectivity index (χ3n) is 6.38. The Morgan fingerprint density at radius 2 is 1.97 bits per heavy atom. The molecule has 1 atom stereocenters. The van der Waals surface area contributed by atoms with E-state index < -0.39 is 35.8 Å². The zero-order valence-electron chi connectivity index (χ0n) is 21.1. The maximum absolute atomic E-state index is 13.8. The molecule has 0 radical (unpaired) electrons. The van der Waals surface area contributed by atoms with Crippen molar-refractivity contribution in [3.63, 3.8) is 0 Å². The fourth-order valence-corrected chi connectivity index (χ4v) is 4.89. The molecule has 0 aliphatic carbocycles. The molecule has 2 aliphatic heterocycles. The van der Waals surface area contributed by atoms with E-state index in [0.29, 0.717) is 19.4 Å². The van der Waals surface area contributed by atoms with Crippen molar-refractivity contribution in [3.8, 4) is 5.75 Å². The second kappa shape index (κ2) is 11.1. The van der Waals surface area contributed by atoms with Crippen LogP contribution in [0.1, 0.15) is 50.9 Å². The van der Waals surface area contributed by atoms with Gasteiger partial charge in [-0.3, -0.25) is 14.4 Å². The summed E-state index contributed by atoms with van der Waals surface area (Å²) >= 11 is 6.51. The first-order valence-electron chi connectivity index (χ1n) is 12.0. The van der Waals surface area contributed by atoms with Gasteiger partial charge < -0.3 is 29.9 Å². The average molecular weight is 545 g/mol. The van der Waals surface area contributed by atoms with E-state index in [0.717, 1.165) is 0 Å². The number of nitrogens with zero attached hydrogens (tertiary/aromatic N) is 3. The second-order valence-electron chi connectivity index (χ2n) is 9.79. The highest BCUT2D eigenvalue weighted by atomic mass is 35.5. The van der Waals surface area contributed by atoms with Gasteiger partial charge >= 0.3 is 12.5 Å². The van der Waals surface area contributed by atoms with Crippen LogP contribution in [0.2, 0.25) is 5.02 Å². The molecular formula is C24H31ClF2N4O6. The molecule has 1 saturated heterocycles. The molecule has 2 heterocycles. The van der Waals surface area contributed by atoms with Crippen LogP contribution in [-0.4, -0.2) is 89.0 Å². The van der Waals surface area contributed by atoms with Gasteiger partial charge in [-0.05, 0) is 46.6 Å². The first-order valence-corrected chi connectivity index (χ1v) is 12.3. The summed E-state index contributed by atoms with van der Waals surface area (Å²) in [7, 11) is 0. The van der Waals surface area contributed by atoms with Crippen LogP contribution in [0.5, 0.6) is 5.75 Å². The normalized spacial score (nSPS) is 18.9. The number of rotatable bonds is 7. The van der Waals surface area contributed by atoms with E-state index in [-0.39, 0.29) is 53.7 Å². The zero-order chi connectivity index (χ0) is 27.7. The smallest absolute Gasteiger partial charge is 0.407 e. The van der Waals surface area contributed by atoms with Crippen LogP contribution < -0.4 is 15.0 Å². The lowest BCUT2D eigenvalue weighted by Gasteiger charge is -2.41. The highest BCUT2D eigenvalue weighted by Gasteiger charge is 2.42. The number of piperidine rings is 1. The molecule has 4 amide bonds. The van der Waals surface area contributed by atoms with Crippen LogP contribution in [0.3, 0.4) is 0 Å². The number of anilines is 1. The van der Waals surface area contributed by atoms with Crippen molar-refractivity contribution in [3.05, 3.63) is 22.7 Å². The standard InChI is InChI=1S/C24H31ClF2N4O6/c1-13(2)31(14-6-5-8-29(12-14)23(35)36)21(33)15-10-17-18(11-16(15)25)37-24(3,4)22(34)30(17)9-7-28-20(32)19(26)27/h10-11,13-14,19H,5-9,12H2,1-4H3,(H,28,32)(H,35,36)/t14-/m1/s1. The van der Waals surface area contributed by atoms with Gasteiger partial charge in [0, 0.05) is 38.3 Å². The lowest BCUT2D eigenvalue weighted by Crippen LogP contribution is -2.55.